The van der Waals surface area contributed by atoms with Gasteiger partial charge in [-0.3, -0.25) is 0 Å². The normalized spacial score (nSPS) is 10.1. The van der Waals surface area contributed by atoms with Crippen molar-refractivity contribution in [2.75, 3.05) is 0 Å². The number of hydrogen-bond donors (Lipinski definition) is 0. The molecular weight excluding hydrogens is 192 g/mol. The second kappa shape index (κ2) is 7.60. The summed E-state index contributed by atoms with van der Waals surface area (Å²) in [5, 5.41) is 0. The fourth-order valence-electron chi connectivity index (χ4n) is 1.05. The van der Waals surface area contributed by atoms with E-state index in [2.05, 4.69) is 33.1 Å². The molecule has 0 aromatic rings. The lowest BCUT2D eigenvalue weighted by Gasteiger charge is -2.16. The molecule has 3 heteroatoms. The van der Waals surface area contributed by atoms with Gasteiger partial charge in [-0.15, -0.1) is 5.73 Å². The zero-order valence-corrected chi connectivity index (χ0v) is 10.3. The molecule has 0 aliphatic heterocycles. The van der Waals surface area contributed by atoms with Gasteiger partial charge in [0.05, 0.1) is 6.08 Å². The van der Waals surface area contributed by atoms with Gasteiger partial charge in [-0.1, -0.05) is 40.2 Å². The van der Waals surface area contributed by atoms with Crippen LogP contribution in [0.25, 0.3) is 0 Å². The Morgan fingerprint density at radius 3 is 2.71 bits per heavy atom. The molecule has 0 spiro atoms. The van der Waals surface area contributed by atoms with Gasteiger partial charge in [0.25, 0.3) is 9.04 Å². The fourth-order valence-corrected chi connectivity index (χ4v) is 2.99. The topological polar surface area (TPSA) is 26.3 Å². The quantitative estimate of drug-likeness (QED) is 0.383. The average Bonchev–Trinajstić information content (AvgIpc) is 2.12. The summed E-state index contributed by atoms with van der Waals surface area (Å²) < 4.78 is 5.36. The fraction of sp³-hybridized carbons (Fsp3) is 0.636. The predicted molar refractivity (Wildman–Crippen MR) is 60.4 cm³/mol. The lowest BCUT2D eigenvalue weighted by Crippen LogP contribution is -2.24. The highest BCUT2D eigenvalue weighted by molar-refractivity contribution is 6.55. The monoisotopic (exact) mass is 211 g/mol. The minimum absolute atomic E-state index is 0.293. The maximum atomic E-state index is 11.2. The molecule has 0 saturated carbocycles. The third-order valence-electron chi connectivity index (χ3n) is 1.87. The second-order valence-corrected chi connectivity index (χ2v) is 6.29. The zero-order valence-electron chi connectivity index (χ0n) is 9.30. The number of carbonyl (C=O) groups excluding carboxylic acids is 1. The molecule has 0 N–H and O–H groups in total. The molecule has 0 heterocycles. The summed E-state index contributed by atoms with van der Waals surface area (Å²) in [4.78, 5) is 11.2. The van der Waals surface area contributed by atoms with E-state index in [-0.39, 0.29) is 5.97 Å². The van der Waals surface area contributed by atoms with E-state index < -0.39 is 9.04 Å². The van der Waals surface area contributed by atoms with Crippen molar-refractivity contribution in [3.8, 4) is 0 Å². The van der Waals surface area contributed by atoms with Gasteiger partial charge in [-0.25, -0.2) is 4.79 Å². The highest BCUT2D eigenvalue weighted by atomic mass is 28.3. The van der Waals surface area contributed by atoms with Gasteiger partial charge >= 0.3 is 5.97 Å². The van der Waals surface area contributed by atoms with Crippen LogP contribution in [-0.2, 0) is 9.22 Å². The van der Waals surface area contributed by atoms with Crippen molar-refractivity contribution in [1.29, 1.82) is 0 Å². The largest absolute Gasteiger partial charge is 0.514 e. The van der Waals surface area contributed by atoms with Crippen LogP contribution in [0.5, 0.6) is 0 Å². The van der Waals surface area contributed by atoms with Crippen molar-refractivity contribution in [2.24, 2.45) is 0 Å². The first-order valence-electron chi connectivity index (χ1n) is 5.05. The van der Waals surface area contributed by atoms with Gasteiger partial charge in [-0.2, -0.15) is 0 Å². The van der Waals surface area contributed by atoms with Crippen LogP contribution in [0.2, 0.25) is 11.6 Å². The lowest BCUT2D eigenvalue weighted by atomic mass is 10.4. The van der Waals surface area contributed by atoms with Gasteiger partial charge < -0.3 is 4.43 Å². The van der Waals surface area contributed by atoms with Gasteiger partial charge in [0.1, 0.15) is 0 Å². The van der Waals surface area contributed by atoms with Crippen LogP contribution in [0, 0.1) is 0 Å². The minimum atomic E-state index is -0.994. The molecule has 2 nitrogen and oxygen atoms in total. The second-order valence-electron chi connectivity index (χ2n) is 3.49. The van der Waals surface area contributed by atoms with Crippen molar-refractivity contribution >= 4 is 15.0 Å². The first kappa shape index (κ1) is 13.2. The van der Waals surface area contributed by atoms with Gasteiger partial charge in [0, 0.05) is 0 Å². The summed E-state index contributed by atoms with van der Waals surface area (Å²) in [7, 11) is -0.994. The summed E-state index contributed by atoms with van der Waals surface area (Å²) in [6.45, 7) is 9.70. The van der Waals surface area contributed by atoms with E-state index in [0.717, 1.165) is 18.9 Å². The molecule has 0 aliphatic carbocycles. The van der Waals surface area contributed by atoms with Crippen molar-refractivity contribution in [3.05, 3.63) is 18.4 Å². The number of carbonyl (C=O) groups is 1. The van der Waals surface area contributed by atoms with Crippen LogP contribution in [0.3, 0.4) is 0 Å². The first-order valence-corrected chi connectivity index (χ1v) is 6.74. The van der Waals surface area contributed by atoms with Crippen LogP contribution < -0.4 is 0 Å². The van der Waals surface area contributed by atoms with E-state index in [1.54, 1.807) is 0 Å². The molecule has 0 aromatic carbocycles. The van der Waals surface area contributed by atoms with Gasteiger partial charge in [0.2, 0.25) is 0 Å². The molecule has 0 rings (SSSR count). The summed E-state index contributed by atoms with van der Waals surface area (Å²) in [5.74, 6) is -0.293. The average molecular weight is 211 g/mol. The molecule has 0 aliphatic rings. The smallest absolute Gasteiger partial charge is 0.325 e. The van der Waals surface area contributed by atoms with E-state index in [4.69, 9.17) is 4.43 Å². The molecule has 14 heavy (non-hydrogen) atoms. The lowest BCUT2D eigenvalue weighted by molar-refractivity contribution is -0.129. The number of hydrogen-bond acceptors (Lipinski definition) is 2. The van der Waals surface area contributed by atoms with Crippen LogP contribution in [-0.4, -0.2) is 15.0 Å². The summed E-state index contributed by atoms with van der Waals surface area (Å²) in [6.07, 6.45) is 3.55. The maximum Gasteiger partial charge on any atom is 0.325 e. The molecule has 0 aromatic heterocycles. The van der Waals surface area contributed by atoms with Crippen molar-refractivity contribution in [1.82, 2.24) is 0 Å². The maximum absolute atomic E-state index is 11.2. The standard InChI is InChI=1S/C11H19O2Si/c1-5-7-9-14(10(3)4)13-11(12)8-6-2/h8,10H,2,5,7,9H2,1,3-4H3. The molecule has 0 atom stereocenters. The first-order chi connectivity index (χ1) is 6.61. The molecule has 0 amide bonds. The van der Waals surface area contributed by atoms with Crippen molar-refractivity contribution in [3.63, 3.8) is 0 Å². The highest BCUT2D eigenvalue weighted by Gasteiger charge is 2.20. The Kier molecular flexibility index (Phi) is 7.17. The van der Waals surface area contributed by atoms with Crippen molar-refractivity contribution in [2.45, 2.75) is 45.2 Å². The molecule has 0 saturated heterocycles. The highest BCUT2D eigenvalue weighted by Crippen LogP contribution is 2.16. The zero-order chi connectivity index (χ0) is 11.0. The Morgan fingerprint density at radius 2 is 2.29 bits per heavy atom. The Balaban J connectivity index is 4.08. The Bertz CT molecular complexity index is 217. The predicted octanol–water partition coefficient (Wildman–Crippen LogP) is 3.07. The minimum Gasteiger partial charge on any atom is -0.514 e. The Morgan fingerprint density at radius 1 is 1.64 bits per heavy atom. The van der Waals surface area contributed by atoms with Crippen LogP contribution in [0.15, 0.2) is 18.4 Å². The van der Waals surface area contributed by atoms with Gasteiger partial charge in [-0.05, 0) is 11.6 Å². The van der Waals surface area contributed by atoms with E-state index in [9.17, 15) is 4.79 Å². The molecule has 0 unspecified atom stereocenters. The third kappa shape index (κ3) is 5.78. The molecule has 1 radical (unpaired) electrons. The summed E-state index contributed by atoms with van der Waals surface area (Å²) in [6, 6.07) is 1.04. The number of rotatable bonds is 6. The third-order valence-corrected chi connectivity index (χ3v) is 4.47. The van der Waals surface area contributed by atoms with Crippen molar-refractivity contribution < 1.29 is 9.22 Å². The van der Waals surface area contributed by atoms with Crippen LogP contribution in [0.1, 0.15) is 33.6 Å². The molecule has 0 fully saturated rings. The molecular formula is C11H19O2Si. The van der Waals surface area contributed by atoms with Gasteiger partial charge in [0.15, 0.2) is 0 Å². The SMILES string of the molecule is C=C=CC(=O)O[Si](CCCC)C(C)C. The van der Waals surface area contributed by atoms with E-state index >= 15 is 0 Å². The van der Waals surface area contributed by atoms with Crippen LogP contribution >= 0.6 is 0 Å². The van der Waals surface area contributed by atoms with E-state index in [0.29, 0.717) is 5.54 Å². The van der Waals surface area contributed by atoms with E-state index in [1.807, 2.05) is 0 Å². The van der Waals surface area contributed by atoms with E-state index in [1.165, 1.54) is 6.08 Å². The summed E-state index contributed by atoms with van der Waals surface area (Å²) >= 11 is 0. The molecule has 0 bridgehead atoms. The Labute approximate surface area is 88.4 Å². The molecule has 79 valence electrons. The Hall–Kier alpha value is -0.793. The van der Waals surface area contributed by atoms with Crippen LogP contribution in [0.4, 0.5) is 0 Å². The summed E-state index contributed by atoms with van der Waals surface area (Å²) in [5.41, 5.74) is 2.90. The number of unbranched alkanes of at least 4 members (excludes halogenated alkanes) is 1.